The molecule has 0 saturated carbocycles. The van der Waals surface area contributed by atoms with Crippen LogP contribution in [0.2, 0.25) is 0 Å². The molecule has 0 unspecified atom stereocenters. The maximum atomic E-state index is 5.60. The van der Waals surface area contributed by atoms with E-state index in [1.165, 1.54) is 17.1 Å². The van der Waals surface area contributed by atoms with E-state index in [1.54, 1.807) is 7.11 Å². The monoisotopic (exact) mass is 363 g/mol. The Labute approximate surface area is 150 Å². The first-order chi connectivity index (χ1) is 12.3. The average Bonchev–Trinajstić information content (AvgIpc) is 3.29. The Morgan fingerprint density at radius 3 is 2.92 bits per heavy atom. The molecule has 1 N–H and O–H groups in total. The van der Waals surface area contributed by atoms with Crippen molar-refractivity contribution in [2.45, 2.75) is 24.9 Å². The van der Waals surface area contributed by atoms with Crippen LogP contribution in [0.3, 0.4) is 0 Å². The maximum absolute atomic E-state index is 5.60. The number of ether oxygens (including phenoxy) is 4. The molecule has 1 saturated heterocycles. The Balaban J connectivity index is 1.54. The Bertz CT molecular complexity index is 730. The molecule has 0 spiro atoms. The van der Waals surface area contributed by atoms with E-state index in [0.29, 0.717) is 19.2 Å². The number of fused-ring (bicyclic) bond motifs is 1. The van der Waals surface area contributed by atoms with E-state index < -0.39 is 0 Å². The van der Waals surface area contributed by atoms with Gasteiger partial charge in [0.1, 0.15) is 6.61 Å². The number of aromatic nitrogens is 2. The van der Waals surface area contributed by atoms with Crippen molar-refractivity contribution >= 4 is 16.7 Å². The summed E-state index contributed by atoms with van der Waals surface area (Å²) in [6, 6.07) is 6.24. The standard InChI is InChI=1S/C17H21N3O4S/c1-21-9-15-19-16(25-20-15)18-10-17(4-6-22-7-5-17)12-2-3-13-14(8-12)24-11-23-13/h2-3,8H,4-7,9-11H2,1H3,(H,18,19,20). The molecule has 2 aromatic rings. The van der Waals surface area contributed by atoms with Crippen molar-refractivity contribution in [2.24, 2.45) is 0 Å². The van der Waals surface area contributed by atoms with Gasteiger partial charge in [0.05, 0.1) is 0 Å². The quantitative estimate of drug-likeness (QED) is 0.845. The third-order valence-corrected chi connectivity index (χ3v) is 5.46. The van der Waals surface area contributed by atoms with Gasteiger partial charge in [0, 0.05) is 43.8 Å². The van der Waals surface area contributed by atoms with Crippen LogP contribution in [0.5, 0.6) is 11.5 Å². The molecular formula is C17H21N3O4S. The van der Waals surface area contributed by atoms with Crippen molar-refractivity contribution in [1.82, 2.24) is 9.36 Å². The summed E-state index contributed by atoms with van der Waals surface area (Å²) in [4.78, 5) is 4.46. The zero-order valence-corrected chi connectivity index (χ0v) is 14.9. The van der Waals surface area contributed by atoms with Gasteiger partial charge in [-0.15, -0.1) is 0 Å². The summed E-state index contributed by atoms with van der Waals surface area (Å²) in [6.07, 6.45) is 1.90. The molecule has 0 radical (unpaired) electrons. The second kappa shape index (κ2) is 7.15. The largest absolute Gasteiger partial charge is 0.454 e. The lowest BCUT2D eigenvalue weighted by Gasteiger charge is -2.38. The van der Waals surface area contributed by atoms with E-state index in [-0.39, 0.29) is 5.41 Å². The van der Waals surface area contributed by atoms with Gasteiger partial charge in [-0.3, -0.25) is 0 Å². The topological polar surface area (TPSA) is 74.7 Å². The molecule has 0 amide bonds. The Kier molecular flexibility index (Phi) is 4.74. The number of methoxy groups -OCH3 is 1. The zero-order valence-electron chi connectivity index (χ0n) is 14.1. The number of rotatable bonds is 6. The van der Waals surface area contributed by atoms with Gasteiger partial charge in [-0.05, 0) is 30.5 Å². The smallest absolute Gasteiger partial charge is 0.231 e. The highest BCUT2D eigenvalue weighted by atomic mass is 32.1. The molecule has 4 rings (SSSR count). The lowest BCUT2D eigenvalue weighted by Crippen LogP contribution is -2.40. The van der Waals surface area contributed by atoms with Crippen LogP contribution in [0.15, 0.2) is 18.2 Å². The predicted molar refractivity (Wildman–Crippen MR) is 93.4 cm³/mol. The second-order valence-corrected chi connectivity index (χ2v) is 7.01. The van der Waals surface area contributed by atoms with E-state index in [2.05, 4.69) is 26.8 Å². The number of hydrogen-bond acceptors (Lipinski definition) is 8. The first-order valence-corrected chi connectivity index (χ1v) is 9.10. The third-order valence-electron chi connectivity index (χ3n) is 4.75. The second-order valence-electron chi connectivity index (χ2n) is 6.26. The molecule has 25 heavy (non-hydrogen) atoms. The molecule has 7 nitrogen and oxygen atoms in total. The summed E-state index contributed by atoms with van der Waals surface area (Å²) in [5.74, 6) is 2.34. The fraction of sp³-hybridized carbons (Fsp3) is 0.529. The van der Waals surface area contributed by atoms with Gasteiger partial charge in [0.15, 0.2) is 17.3 Å². The Morgan fingerprint density at radius 1 is 1.24 bits per heavy atom. The molecule has 134 valence electrons. The van der Waals surface area contributed by atoms with E-state index in [4.69, 9.17) is 18.9 Å². The van der Waals surface area contributed by atoms with Gasteiger partial charge < -0.3 is 24.3 Å². The average molecular weight is 363 g/mol. The third kappa shape index (κ3) is 3.42. The summed E-state index contributed by atoms with van der Waals surface area (Å²) in [6.45, 7) is 3.00. The molecule has 1 aromatic heterocycles. The van der Waals surface area contributed by atoms with E-state index in [1.807, 2.05) is 6.07 Å². The minimum Gasteiger partial charge on any atom is -0.454 e. The van der Waals surface area contributed by atoms with E-state index >= 15 is 0 Å². The fourth-order valence-corrected chi connectivity index (χ4v) is 3.88. The minimum atomic E-state index is -0.0215. The summed E-state index contributed by atoms with van der Waals surface area (Å²) >= 11 is 1.36. The number of benzene rings is 1. The van der Waals surface area contributed by atoms with Crippen molar-refractivity contribution in [2.75, 3.05) is 39.0 Å². The fourth-order valence-electron chi connectivity index (χ4n) is 3.31. The van der Waals surface area contributed by atoms with Crippen LogP contribution < -0.4 is 14.8 Å². The number of hydrogen-bond donors (Lipinski definition) is 1. The highest BCUT2D eigenvalue weighted by Crippen LogP contribution is 2.41. The maximum Gasteiger partial charge on any atom is 0.231 e. The highest BCUT2D eigenvalue weighted by Gasteiger charge is 2.35. The lowest BCUT2D eigenvalue weighted by atomic mass is 9.74. The molecule has 1 fully saturated rings. The van der Waals surface area contributed by atoms with Crippen molar-refractivity contribution < 1.29 is 18.9 Å². The minimum absolute atomic E-state index is 0.0215. The van der Waals surface area contributed by atoms with Gasteiger partial charge in [0.25, 0.3) is 0 Å². The van der Waals surface area contributed by atoms with Crippen molar-refractivity contribution in [3.8, 4) is 11.5 Å². The molecule has 2 aliphatic rings. The van der Waals surface area contributed by atoms with Gasteiger partial charge in [-0.25, -0.2) is 4.98 Å². The van der Waals surface area contributed by atoms with Crippen LogP contribution in [0, 0.1) is 0 Å². The number of nitrogens with one attached hydrogen (secondary N) is 1. The molecule has 2 aliphatic heterocycles. The summed E-state index contributed by atoms with van der Waals surface area (Å²) in [7, 11) is 1.64. The summed E-state index contributed by atoms with van der Waals surface area (Å²) in [5, 5.41) is 4.28. The molecular weight excluding hydrogens is 342 g/mol. The van der Waals surface area contributed by atoms with Gasteiger partial charge >= 0.3 is 0 Å². The highest BCUT2D eigenvalue weighted by molar-refractivity contribution is 7.09. The van der Waals surface area contributed by atoms with Crippen LogP contribution in [0.25, 0.3) is 0 Å². The SMILES string of the molecule is COCc1nsc(NCC2(c3ccc4c(c3)OCO4)CCOCC2)n1. The van der Waals surface area contributed by atoms with Crippen LogP contribution in [0.1, 0.15) is 24.2 Å². The van der Waals surface area contributed by atoms with E-state index in [0.717, 1.165) is 49.2 Å². The van der Waals surface area contributed by atoms with Crippen LogP contribution in [0.4, 0.5) is 5.13 Å². The van der Waals surface area contributed by atoms with Gasteiger partial charge in [0.2, 0.25) is 11.9 Å². The summed E-state index contributed by atoms with van der Waals surface area (Å²) in [5.41, 5.74) is 1.22. The van der Waals surface area contributed by atoms with E-state index in [9.17, 15) is 0 Å². The zero-order chi connectivity index (χ0) is 17.1. The first kappa shape index (κ1) is 16.6. The van der Waals surface area contributed by atoms with Gasteiger partial charge in [-0.1, -0.05) is 6.07 Å². The lowest BCUT2D eigenvalue weighted by molar-refractivity contribution is 0.0543. The van der Waals surface area contributed by atoms with Crippen molar-refractivity contribution in [1.29, 1.82) is 0 Å². The first-order valence-electron chi connectivity index (χ1n) is 8.32. The summed E-state index contributed by atoms with van der Waals surface area (Å²) < 4.78 is 26.0. The molecule has 0 atom stereocenters. The molecule has 1 aromatic carbocycles. The molecule has 3 heterocycles. The Hall–Kier alpha value is -1.90. The number of anilines is 1. The molecule has 0 bridgehead atoms. The van der Waals surface area contributed by atoms with Gasteiger partial charge in [-0.2, -0.15) is 4.37 Å². The predicted octanol–water partition coefficient (Wildman–Crippen LogP) is 2.57. The molecule has 8 heteroatoms. The van der Waals surface area contributed by atoms with Crippen LogP contribution >= 0.6 is 11.5 Å². The normalized spacial score (nSPS) is 18.3. The van der Waals surface area contributed by atoms with Crippen molar-refractivity contribution in [3.05, 3.63) is 29.6 Å². The van der Waals surface area contributed by atoms with Crippen LogP contribution in [-0.4, -0.2) is 43.0 Å². The molecule has 0 aliphatic carbocycles. The van der Waals surface area contributed by atoms with Crippen LogP contribution in [-0.2, 0) is 21.5 Å². The van der Waals surface area contributed by atoms with Crippen molar-refractivity contribution in [3.63, 3.8) is 0 Å². The number of nitrogens with zero attached hydrogens (tertiary/aromatic N) is 2. The Morgan fingerprint density at radius 2 is 2.08 bits per heavy atom.